The molecular formula is C14H24N2O2S2. The molecule has 2 rings (SSSR count). The Kier molecular flexibility index (Phi) is 4.29. The Morgan fingerprint density at radius 3 is 2.60 bits per heavy atom. The standard InChI is InChI=1S/C14H24N2O2S2/c1-5-7-15-14(6-8-20(17,18)10-14)12-16-11(9-19-12)13(2,3)4/h9,15H,5-8,10H2,1-4H3. The van der Waals surface area contributed by atoms with E-state index in [1.54, 1.807) is 11.3 Å². The Morgan fingerprint density at radius 1 is 1.45 bits per heavy atom. The van der Waals surface area contributed by atoms with Crippen LogP contribution in [0.3, 0.4) is 0 Å². The number of hydrogen-bond donors (Lipinski definition) is 1. The minimum absolute atomic E-state index is 0.00181. The summed E-state index contributed by atoms with van der Waals surface area (Å²) in [6, 6.07) is 0. The fourth-order valence-corrected chi connectivity index (χ4v) is 5.72. The molecule has 1 aliphatic rings. The van der Waals surface area contributed by atoms with Gasteiger partial charge in [-0.1, -0.05) is 27.7 Å². The van der Waals surface area contributed by atoms with Crippen molar-refractivity contribution in [1.29, 1.82) is 0 Å². The minimum atomic E-state index is -2.95. The first kappa shape index (κ1) is 15.9. The van der Waals surface area contributed by atoms with E-state index in [0.717, 1.165) is 23.7 Å². The highest BCUT2D eigenvalue weighted by Crippen LogP contribution is 2.37. The molecule has 1 saturated heterocycles. The second kappa shape index (κ2) is 5.39. The van der Waals surface area contributed by atoms with Gasteiger partial charge in [-0.3, -0.25) is 0 Å². The highest BCUT2D eigenvalue weighted by Gasteiger charge is 2.45. The molecule has 4 nitrogen and oxygen atoms in total. The van der Waals surface area contributed by atoms with E-state index < -0.39 is 15.4 Å². The summed E-state index contributed by atoms with van der Waals surface area (Å²) in [6.45, 7) is 9.29. The van der Waals surface area contributed by atoms with Crippen LogP contribution in [0, 0.1) is 0 Å². The van der Waals surface area contributed by atoms with Gasteiger partial charge in [-0.15, -0.1) is 11.3 Å². The van der Waals surface area contributed by atoms with Gasteiger partial charge in [0.2, 0.25) is 0 Å². The van der Waals surface area contributed by atoms with Gasteiger partial charge in [0.05, 0.1) is 22.7 Å². The maximum absolute atomic E-state index is 11.9. The molecule has 1 aromatic rings. The third kappa shape index (κ3) is 3.23. The van der Waals surface area contributed by atoms with Gasteiger partial charge in [-0.25, -0.2) is 13.4 Å². The summed E-state index contributed by atoms with van der Waals surface area (Å²) in [7, 11) is -2.95. The van der Waals surface area contributed by atoms with Crippen LogP contribution in [0.2, 0.25) is 0 Å². The van der Waals surface area contributed by atoms with Crippen LogP contribution in [0.15, 0.2) is 5.38 Å². The zero-order valence-corrected chi connectivity index (χ0v) is 14.3. The van der Waals surface area contributed by atoms with Crippen LogP contribution in [0.5, 0.6) is 0 Å². The SMILES string of the molecule is CCCNC1(c2nc(C(C)(C)C)cs2)CCS(=O)(=O)C1. The van der Waals surface area contributed by atoms with Crippen LogP contribution in [0.25, 0.3) is 0 Å². The van der Waals surface area contributed by atoms with Crippen molar-refractivity contribution in [3.8, 4) is 0 Å². The average molecular weight is 316 g/mol. The first-order valence-electron chi connectivity index (χ1n) is 7.10. The smallest absolute Gasteiger partial charge is 0.152 e. The van der Waals surface area contributed by atoms with Crippen molar-refractivity contribution in [3.05, 3.63) is 16.1 Å². The van der Waals surface area contributed by atoms with E-state index in [1.165, 1.54) is 0 Å². The molecule has 1 aromatic heterocycles. The molecular weight excluding hydrogens is 292 g/mol. The Morgan fingerprint density at radius 2 is 2.15 bits per heavy atom. The lowest BCUT2D eigenvalue weighted by atomic mass is 9.93. The van der Waals surface area contributed by atoms with Gasteiger partial charge in [0, 0.05) is 10.8 Å². The summed E-state index contributed by atoms with van der Waals surface area (Å²) in [5.74, 6) is 0.436. The van der Waals surface area contributed by atoms with Crippen molar-refractivity contribution in [3.63, 3.8) is 0 Å². The highest BCUT2D eigenvalue weighted by molar-refractivity contribution is 7.91. The highest BCUT2D eigenvalue weighted by atomic mass is 32.2. The van der Waals surface area contributed by atoms with Crippen LogP contribution in [0.4, 0.5) is 0 Å². The molecule has 20 heavy (non-hydrogen) atoms. The van der Waals surface area contributed by atoms with Crippen molar-refractivity contribution in [2.24, 2.45) is 0 Å². The second-order valence-electron chi connectivity index (χ2n) is 6.64. The van der Waals surface area contributed by atoms with Crippen molar-refractivity contribution < 1.29 is 8.42 Å². The van der Waals surface area contributed by atoms with Crippen molar-refractivity contribution in [2.45, 2.75) is 51.5 Å². The molecule has 0 spiro atoms. The molecule has 0 aromatic carbocycles. The number of nitrogens with one attached hydrogen (secondary N) is 1. The van der Waals surface area contributed by atoms with E-state index in [-0.39, 0.29) is 16.9 Å². The summed E-state index contributed by atoms with van der Waals surface area (Å²) in [5, 5.41) is 6.44. The average Bonchev–Trinajstić information content (AvgIpc) is 2.91. The molecule has 0 radical (unpaired) electrons. The Bertz CT molecular complexity index is 572. The molecule has 1 aliphatic heterocycles. The first-order valence-corrected chi connectivity index (χ1v) is 9.81. The zero-order chi connectivity index (χ0) is 15.0. The van der Waals surface area contributed by atoms with Gasteiger partial charge < -0.3 is 5.32 Å². The van der Waals surface area contributed by atoms with Crippen molar-refractivity contribution >= 4 is 21.2 Å². The van der Waals surface area contributed by atoms with Crippen LogP contribution < -0.4 is 5.32 Å². The maximum Gasteiger partial charge on any atom is 0.152 e. The number of rotatable bonds is 4. The molecule has 0 bridgehead atoms. The van der Waals surface area contributed by atoms with E-state index in [9.17, 15) is 8.42 Å². The van der Waals surface area contributed by atoms with Gasteiger partial charge in [-0.2, -0.15) is 0 Å². The molecule has 2 heterocycles. The second-order valence-corrected chi connectivity index (χ2v) is 9.68. The van der Waals surface area contributed by atoms with Gasteiger partial charge >= 0.3 is 0 Å². The summed E-state index contributed by atoms with van der Waals surface area (Å²) >= 11 is 1.59. The number of hydrogen-bond acceptors (Lipinski definition) is 5. The number of aromatic nitrogens is 1. The summed E-state index contributed by atoms with van der Waals surface area (Å²) in [6.07, 6.45) is 1.62. The summed E-state index contributed by atoms with van der Waals surface area (Å²) in [4.78, 5) is 4.75. The molecule has 1 unspecified atom stereocenters. The van der Waals surface area contributed by atoms with Crippen LogP contribution in [-0.2, 0) is 20.8 Å². The molecule has 0 amide bonds. The third-order valence-electron chi connectivity index (χ3n) is 3.70. The van der Waals surface area contributed by atoms with E-state index in [1.807, 2.05) is 0 Å². The van der Waals surface area contributed by atoms with E-state index in [2.05, 4.69) is 38.4 Å². The lowest BCUT2D eigenvalue weighted by Gasteiger charge is -2.27. The van der Waals surface area contributed by atoms with Crippen LogP contribution >= 0.6 is 11.3 Å². The fraction of sp³-hybridized carbons (Fsp3) is 0.786. The monoisotopic (exact) mass is 316 g/mol. The van der Waals surface area contributed by atoms with Gasteiger partial charge in [-0.05, 0) is 19.4 Å². The molecule has 1 fully saturated rings. The molecule has 0 saturated carbocycles. The minimum Gasteiger partial charge on any atom is -0.305 e. The Balaban J connectivity index is 2.35. The van der Waals surface area contributed by atoms with E-state index in [0.29, 0.717) is 6.42 Å². The fourth-order valence-electron chi connectivity index (χ4n) is 2.44. The van der Waals surface area contributed by atoms with Crippen LogP contribution in [0.1, 0.15) is 51.2 Å². The third-order valence-corrected chi connectivity index (χ3v) is 6.51. The van der Waals surface area contributed by atoms with E-state index >= 15 is 0 Å². The first-order chi connectivity index (χ1) is 9.19. The molecule has 1 atom stereocenters. The quantitative estimate of drug-likeness (QED) is 0.927. The number of sulfone groups is 1. The number of nitrogens with zero attached hydrogens (tertiary/aromatic N) is 1. The topological polar surface area (TPSA) is 59.1 Å². The summed E-state index contributed by atoms with van der Waals surface area (Å²) in [5.41, 5.74) is 0.570. The van der Waals surface area contributed by atoms with Gasteiger partial charge in [0.15, 0.2) is 9.84 Å². The normalized spacial score (nSPS) is 26.0. The van der Waals surface area contributed by atoms with E-state index in [4.69, 9.17) is 4.98 Å². The lowest BCUT2D eigenvalue weighted by Crippen LogP contribution is -2.44. The largest absolute Gasteiger partial charge is 0.305 e. The van der Waals surface area contributed by atoms with Crippen LogP contribution in [-0.4, -0.2) is 31.5 Å². The lowest BCUT2D eigenvalue weighted by molar-refractivity contribution is 0.372. The Labute approximate surface area is 125 Å². The van der Waals surface area contributed by atoms with Crippen molar-refractivity contribution in [1.82, 2.24) is 10.3 Å². The molecule has 0 aliphatic carbocycles. The van der Waals surface area contributed by atoms with Gasteiger partial charge in [0.1, 0.15) is 5.01 Å². The van der Waals surface area contributed by atoms with Gasteiger partial charge in [0.25, 0.3) is 0 Å². The van der Waals surface area contributed by atoms with Crippen molar-refractivity contribution in [2.75, 3.05) is 18.1 Å². The number of thiazole rings is 1. The molecule has 6 heteroatoms. The molecule has 1 N–H and O–H groups in total. The maximum atomic E-state index is 11.9. The predicted molar refractivity (Wildman–Crippen MR) is 84.1 cm³/mol. The predicted octanol–water partition coefficient (Wildman–Crippen LogP) is 2.45. The summed E-state index contributed by atoms with van der Waals surface area (Å²) < 4.78 is 23.8. The Hall–Kier alpha value is -0.460. The zero-order valence-electron chi connectivity index (χ0n) is 12.7. The molecule has 114 valence electrons.